The second kappa shape index (κ2) is 5.49. The molecule has 2 aromatic rings. The molecular formula is C12H11N3O6. The third-order valence-electron chi connectivity index (χ3n) is 2.66. The average molecular weight is 293 g/mol. The van der Waals surface area contributed by atoms with E-state index in [1.165, 1.54) is 43.3 Å². The summed E-state index contributed by atoms with van der Waals surface area (Å²) in [5.41, 5.74) is -0.147. The number of carbonyl (C=O) groups is 1. The lowest BCUT2D eigenvalue weighted by Crippen LogP contribution is -2.03. The van der Waals surface area contributed by atoms with Gasteiger partial charge in [-0.05, 0) is 22.0 Å². The van der Waals surface area contributed by atoms with E-state index in [0.29, 0.717) is 5.75 Å². The van der Waals surface area contributed by atoms with Gasteiger partial charge in [-0.1, -0.05) is 0 Å². The Kier molecular flexibility index (Phi) is 3.74. The van der Waals surface area contributed by atoms with Crippen molar-refractivity contribution in [2.75, 3.05) is 7.11 Å². The molecule has 1 N–H and O–H groups in total. The predicted molar refractivity (Wildman–Crippen MR) is 69.9 cm³/mol. The van der Waals surface area contributed by atoms with Crippen LogP contribution in [0.25, 0.3) is 0 Å². The van der Waals surface area contributed by atoms with Gasteiger partial charge in [0, 0.05) is 13.1 Å². The lowest BCUT2D eigenvalue weighted by atomic mass is 10.2. The van der Waals surface area contributed by atoms with Crippen LogP contribution < -0.4 is 9.47 Å². The quantitative estimate of drug-likeness (QED) is 0.660. The number of carboxylic acids is 1. The van der Waals surface area contributed by atoms with Gasteiger partial charge in [-0.15, -0.1) is 0 Å². The van der Waals surface area contributed by atoms with E-state index in [4.69, 9.17) is 14.6 Å². The van der Waals surface area contributed by atoms with Gasteiger partial charge in [0.05, 0.1) is 7.11 Å². The number of methoxy groups -OCH3 is 1. The lowest BCUT2D eigenvalue weighted by Gasteiger charge is -2.10. The van der Waals surface area contributed by atoms with Crippen molar-refractivity contribution in [1.82, 2.24) is 9.55 Å². The molecule has 9 heteroatoms. The Morgan fingerprint density at radius 2 is 2.19 bits per heavy atom. The fourth-order valence-electron chi connectivity index (χ4n) is 1.64. The minimum atomic E-state index is -1.22. The molecule has 0 radical (unpaired) electrons. The topological polar surface area (TPSA) is 117 Å². The van der Waals surface area contributed by atoms with Crippen molar-refractivity contribution in [3.63, 3.8) is 0 Å². The Hall–Kier alpha value is -3.10. The number of aryl methyl sites for hydroxylation is 1. The van der Waals surface area contributed by atoms with Crippen LogP contribution >= 0.6 is 0 Å². The number of aromatic carboxylic acids is 1. The van der Waals surface area contributed by atoms with Crippen LogP contribution in [-0.4, -0.2) is 32.7 Å². The number of nitro groups is 1. The van der Waals surface area contributed by atoms with Crippen LogP contribution in [0.3, 0.4) is 0 Å². The van der Waals surface area contributed by atoms with Crippen LogP contribution in [0.2, 0.25) is 0 Å². The minimum Gasteiger partial charge on any atom is -0.497 e. The van der Waals surface area contributed by atoms with Crippen molar-refractivity contribution < 1.29 is 24.3 Å². The molecule has 1 aromatic heterocycles. The van der Waals surface area contributed by atoms with E-state index >= 15 is 0 Å². The highest BCUT2D eigenvalue weighted by Crippen LogP contribution is 2.33. The van der Waals surface area contributed by atoms with Gasteiger partial charge in [-0.25, -0.2) is 4.79 Å². The van der Waals surface area contributed by atoms with Crippen LogP contribution in [0.1, 0.15) is 10.4 Å². The number of aromatic nitrogens is 2. The first-order valence-corrected chi connectivity index (χ1v) is 5.69. The Balaban J connectivity index is 2.50. The molecule has 0 fully saturated rings. The lowest BCUT2D eigenvalue weighted by molar-refractivity contribution is -0.390. The van der Waals surface area contributed by atoms with Crippen LogP contribution in [0.5, 0.6) is 17.4 Å². The van der Waals surface area contributed by atoms with Crippen molar-refractivity contribution in [2.45, 2.75) is 0 Å². The summed E-state index contributed by atoms with van der Waals surface area (Å²) in [5, 5.41) is 20.0. The molecule has 110 valence electrons. The van der Waals surface area contributed by atoms with Crippen LogP contribution in [0.15, 0.2) is 24.5 Å². The molecule has 0 aliphatic heterocycles. The molecule has 0 unspecified atom stereocenters. The third kappa shape index (κ3) is 2.76. The van der Waals surface area contributed by atoms with Gasteiger partial charge in [0.25, 0.3) is 0 Å². The maximum absolute atomic E-state index is 11.2. The summed E-state index contributed by atoms with van der Waals surface area (Å²) in [6.07, 6.45) is 1.20. The number of imidazole rings is 1. The second-order valence-electron chi connectivity index (χ2n) is 4.01. The summed E-state index contributed by atoms with van der Waals surface area (Å²) in [5.74, 6) is -1.61. The van der Waals surface area contributed by atoms with Gasteiger partial charge in [0.1, 0.15) is 17.1 Å². The summed E-state index contributed by atoms with van der Waals surface area (Å²) in [4.78, 5) is 24.9. The predicted octanol–water partition coefficient (Wildman–Crippen LogP) is 1.83. The number of carboxylic acid groups (broad SMARTS) is 1. The standard InChI is InChI=1S/C12H11N3O6/c1-14-6-13-10(15(18)19)11(14)21-9-5-7(20-2)3-4-8(9)12(16)17/h3-6H,1-2H3,(H,16,17). The van der Waals surface area contributed by atoms with Crippen molar-refractivity contribution in [3.8, 4) is 17.4 Å². The zero-order chi connectivity index (χ0) is 15.6. The maximum Gasteiger partial charge on any atom is 0.427 e. The van der Waals surface area contributed by atoms with Gasteiger partial charge in [0.2, 0.25) is 6.33 Å². The summed E-state index contributed by atoms with van der Waals surface area (Å²) in [6.45, 7) is 0. The van der Waals surface area contributed by atoms with E-state index in [1.54, 1.807) is 0 Å². The Morgan fingerprint density at radius 3 is 2.76 bits per heavy atom. The first-order chi connectivity index (χ1) is 9.93. The van der Waals surface area contributed by atoms with E-state index < -0.39 is 16.7 Å². The van der Waals surface area contributed by atoms with E-state index in [9.17, 15) is 14.9 Å². The van der Waals surface area contributed by atoms with Gasteiger partial charge < -0.3 is 24.7 Å². The highest BCUT2D eigenvalue weighted by molar-refractivity contribution is 5.91. The maximum atomic E-state index is 11.2. The van der Waals surface area contributed by atoms with Crippen molar-refractivity contribution in [1.29, 1.82) is 0 Å². The van der Waals surface area contributed by atoms with Gasteiger partial charge >= 0.3 is 17.7 Å². The fourth-order valence-corrected chi connectivity index (χ4v) is 1.64. The molecule has 1 aromatic carbocycles. The largest absolute Gasteiger partial charge is 0.497 e. The fraction of sp³-hybridized carbons (Fsp3) is 0.167. The zero-order valence-electron chi connectivity index (χ0n) is 11.1. The minimum absolute atomic E-state index is 0.0754. The smallest absolute Gasteiger partial charge is 0.427 e. The molecule has 0 aliphatic carbocycles. The summed E-state index contributed by atoms with van der Waals surface area (Å²) in [6, 6.07) is 4.08. The number of hydrogen-bond acceptors (Lipinski definition) is 6. The highest BCUT2D eigenvalue weighted by atomic mass is 16.6. The number of hydrogen-bond donors (Lipinski definition) is 1. The van der Waals surface area contributed by atoms with Gasteiger partial charge in [-0.2, -0.15) is 0 Å². The third-order valence-corrected chi connectivity index (χ3v) is 2.66. The van der Waals surface area contributed by atoms with Gasteiger partial charge in [-0.3, -0.25) is 4.57 Å². The summed E-state index contributed by atoms with van der Waals surface area (Å²) in [7, 11) is 2.90. The molecule has 0 atom stereocenters. The number of benzene rings is 1. The molecule has 21 heavy (non-hydrogen) atoms. The normalized spacial score (nSPS) is 10.2. The van der Waals surface area contributed by atoms with Crippen molar-refractivity contribution in [2.24, 2.45) is 7.05 Å². The van der Waals surface area contributed by atoms with E-state index in [1.807, 2.05) is 0 Å². The van der Waals surface area contributed by atoms with Crippen molar-refractivity contribution in [3.05, 3.63) is 40.2 Å². The molecule has 0 spiro atoms. The number of nitrogens with zero attached hydrogens (tertiary/aromatic N) is 3. The van der Waals surface area contributed by atoms with Gasteiger partial charge in [0.15, 0.2) is 0 Å². The second-order valence-corrected chi connectivity index (χ2v) is 4.01. The van der Waals surface area contributed by atoms with E-state index in [-0.39, 0.29) is 17.2 Å². The molecule has 2 rings (SSSR count). The number of rotatable bonds is 5. The molecule has 0 aliphatic rings. The number of ether oxygens (including phenoxy) is 2. The molecule has 0 amide bonds. The van der Waals surface area contributed by atoms with E-state index in [0.717, 1.165) is 0 Å². The highest BCUT2D eigenvalue weighted by Gasteiger charge is 2.24. The van der Waals surface area contributed by atoms with Crippen LogP contribution in [0.4, 0.5) is 5.82 Å². The monoisotopic (exact) mass is 293 g/mol. The summed E-state index contributed by atoms with van der Waals surface area (Å²) < 4.78 is 11.6. The molecule has 9 nitrogen and oxygen atoms in total. The van der Waals surface area contributed by atoms with Crippen molar-refractivity contribution >= 4 is 11.8 Å². The molecule has 0 saturated heterocycles. The Labute approximate surface area is 118 Å². The average Bonchev–Trinajstić information content (AvgIpc) is 2.80. The van der Waals surface area contributed by atoms with E-state index in [2.05, 4.69) is 4.98 Å². The molecule has 1 heterocycles. The summed E-state index contributed by atoms with van der Waals surface area (Å²) >= 11 is 0. The Morgan fingerprint density at radius 1 is 1.48 bits per heavy atom. The SMILES string of the molecule is COc1ccc(C(=O)O)c(Oc2c([N+](=O)[O-])ncn2C)c1. The molecule has 0 saturated carbocycles. The van der Waals surface area contributed by atoms with Crippen LogP contribution in [-0.2, 0) is 7.05 Å². The first kappa shape index (κ1) is 14.3. The zero-order valence-corrected chi connectivity index (χ0v) is 11.1. The van der Waals surface area contributed by atoms with Crippen LogP contribution in [0, 0.1) is 10.1 Å². The molecule has 0 bridgehead atoms. The Bertz CT molecular complexity index is 709. The first-order valence-electron chi connectivity index (χ1n) is 5.69. The molecular weight excluding hydrogens is 282 g/mol.